The molecule has 1 atom stereocenters. The summed E-state index contributed by atoms with van der Waals surface area (Å²) in [6.07, 6.45) is 5.96. The zero-order chi connectivity index (χ0) is 22.2. The van der Waals surface area contributed by atoms with Crippen LogP contribution < -0.4 is 16.0 Å². The Morgan fingerprint density at radius 3 is 2.69 bits per heavy atom. The monoisotopic (exact) mass is 449 g/mol. The highest BCUT2D eigenvalue weighted by Crippen LogP contribution is 2.24. The van der Waals surface area contributed by atoms with Gasteiger partial charge in [-0.1, -0.05) is 18.2 Å². The van der Waals surface area contributed by atoms with Gasteiger partial charge in [0, 0.05) is 35.1 Å². The summed E-state index contributed by atoms with van der Waals surface area (Å²) < 4.78 is 0. The van der Waals surface area contributed by atoms with E-state index < -0.39 is 0 Å². The number of hydrogen-bond acceptors (Lipinski definition) is 5. The van der Waals surface area contributed by atoms with Crippen molar-refractivity contribution in [2.45, 2.75) is 25.4 Å². The molecule has 1 saturated heterocycles. The molecule has 166 valence electrons. The van der Waals surface area contributed by atoms with Crippen LogP contribution in [0.4, 0.5) is 10.5 Å². The summed E-state index contributed by atoms with van der Waals surface area (Å²) in [7, 11) is 0. The van der Waals surface area contributed by atoms with Gasteiger partial charge in [-0.15, -0.1) is 11.3 Å². The second-order valence-corrected chi connectivity index (χ2v) is 8.76. The number of aromatic nitrogens is 1. The van der Waals surface area contributed by atoms with Crippen LogP contribution in [0.3, 0.4) is 0 Å². The van der Waals surface area contributed by atoms with E-state index in [1.54, 1.807) is 41.8 Å². The Morgan fingerprint density at radius 1 is 1.06 bits per heavy atom. The van der Waals surface area contributed by atoms with Crippen LogP contribution in [0.2, 0.25) is 0 Å². The number of carbonyl (C=O) groups is 2. The first-order valence-electron chi connectivity index (χ1n) is 10.8. The molecule has 0 spiro atoms. The number of hydrogen-bond donors (Lipinski definition) is 3. The van der Waals surface area contributed by atoms with E-state index in [0.29, 0.717) is 24.3 Å². The molecule has 8 heteroatoms. The SMILES string of the molecule is O=C(NCC(c1cccnc1)N1CCCC1)Nc1cccc(C(=O)NCc2cccs2)c1. The van der Waals surface area contributed by atoms with Crippen LogP contribution in [0, 0.1) is 0 Å². The number of nitrogens with one attached hydrogen (secondary N) is 3. The molecule has 2 aromatic heterocycles. The van der Waals surface area contributed by atoms with E-state index in [-0.39, 0.29) is 18.0 Å². The van der Waals surface area contributed by atoms with Crippen molar-refractivity contribution in [3.05, 3.63) is 82.3 Å². The van der Waals surface area contributed by atoms with E-state index in [1.165, 1.54) is 12.8 Å². The van der Waals surface area contributed by atoms with Gasteiger partial charge in [-0.3, -0.25) is 14.7 Å². The fourth-order valence-corrected chi connectivity index (χ4v) is 4.51. The second-order valence-electron chi connectivity index (χ2n) is 7.72. The lowest BCUT2D eigenvalue weighted by molar-refractivity contribution is 0.0951. The van der Waals surface area contributed by atoms with Crippen molar-refractivity contribution in [2.24, 2.45) is 0 Å². The highest BCUT2D eigenvalue weighted by atomic mass is 32.1. The van der Waals surface area contributed by atoms with E-state index >= 15 is 0 Å². The summed E-state index contributed by atoms with van der Waals surface area (Å²) in [6, 6.07) is 14.7. The lowest BCUT2D eigenvalue weighted by atomic mass is 10.1. The van der Waals surface area contributed by atoms with Gasteiger partial charge in [0.05, 0.1) is 12.6 Å². The molecule has 4 rings (SSSR count). The van der Waals surface area contributed by atoms with E-state index in [0.717, 1.165) is 23.5 Å². The zero-order valence-electron chi connectivity index (χ0n) is 17.8. The molecule has 1 aliphatic heterocycles. The van der Waals surface area contributed by atoms with Gasteiger partial charge in [-0.25, -0.2) is 4.79 Å². The van der Waals surface area contributed by atoms with Crippen molar-refractivity contribution in [3.8, 4) is 0 Å². The Kier molecular flexibility index (Phi) is 7.47. The fourth-order valence-electron chi connectivity index (χ4n) is 3.87. The Bertz CT molecular complexity index is 1020. The van der Waals surface area contributed by atoms with Crippen LogP contribution in [-0.2, 0) is 6.54 Å². The van der Waals surface area contributed by atoms with Crippen molar-refractivity contribution < 1.29 is 9.59 Å². The number of urea groups is 1. The van der Waals surface area contributed by atoms with Crippen LogP contribution in [0.5, 0.6) is 0 Å². The van der Waals surface area contributed by atoms with Crippen molar-refractivity contribution in [1.82, 2.24) is 20.5 Å². The van der Waals surface area contributed by atoms with Gasteiger partial charge in [0.1, 0.15) is 0 Å². The van der Waals surface area contributed by atoms with Crippen LogP contribution in [-0.4, -0.2) is 41.5 Å². The molecule has 1 fully saturated rings. The number of nitrogens with zero attached hydrogens (tertiary/aromatic N) is 2. The Balaban J connectivity index is 1.33. The highest BCUT2D eigenvalue weighted by Gasteiger charge is 2.24. The molecule has 3 N–H and O–H groups in total. The topological polar surface area (TPSA) is 86.4 Å². The minimum atomic E-state index is -0.297. The van der Waals surface area contributed by atoms with Gasteiger partial charge in [-0.2, -0.15) is 0 Å². The molecule has 1 aromatic carbocycles. The lowest BCUT2D eigenvalue weighted by Gasteiger charge is -2.28. The molecule has 7 nitrogen and oxygen atoms in total. The van der Waals surface area contributed by atoms with E-state index in [4.69, 9.17) is 0 Å². The first kappa shape index (κ1) is 22.0. The molecule has 0 saturated carbocycles. The van der Waals surface area contributed by atoms with Gasteiger partial charge in [-0.05, 0) is 67.2 Å². The highest BCUT2D eigenvalue weighted by molar-refractivity contribution is 7.09. The Labute approximate surface area is 191 Å². The van der Waals surface area contributed by atoms with E-state index in [2.05, 4.69) is 25.8 Å². The van der Waals surface area contributed by atoms with Gasteiger partial charge >= 0.3 is 6.03 Å². The van der Waals surface area contributed by atoms with Crippen molar-refractivity contribution in [3.63, 3.8) is 0 Å². The van der Waals surface area contributed by atoms with E-state index in [9.17, 15) is 9.59 Å². The summed E-state index contributed by atoms with van der Waals surface area (Å²) in [5.74, 6) is -0.173. The first-order chi connectivity index (χ1) is 15.7. The zero-order valence-corrected chi connectivity index (χ0v) is 18.6. The average Bonchev–Trinajstić information content (AvgIpc) is 3.53. The Morgan fingerprint density at radius 2 is 1.94 bits per heavy atom. The molecule has 0 radical (unpaired) electrons. The quantitative estimate of drug-likeness (QED) is 0.485. The number of rotatable bonds is 8. The summed E-state index contributed by atoms with van der Waals surface area (Å²) in [5, 5.41) is 10.7. The molecule has 1 unspecified atom stereocenters. The predicted octanol–water partition coefficient (Wildman–Crippen LogP) is 4.03. The van der Waals surface area contributed by atoms with Gasteiger partial charge < -0.3 is 16.0 Å². The Hall–Kier alpha value is -3.23. The number of benzene rings is 1. The molecule has 3 amide bonds. The van der Waals surface area contributed by atoms with Crippen molar-refractivity contribution in [1.29, 1.82) is 0 Å². The summed E-state index contributed by atoms with van der Waals surface area (Å²) in [6.45, 7) is 3.01. The normalized spacial score (nSPS) is 14.6. The van der Waals surface area contributed by atoms with Crippen molar-refractivity contribution in [2.75, 3.05) is 25.0 Å². The average molecular weight is 450 g/mol. The summed E-state index contributed by atoms with van der Waals surface area (Å²) in [5.41, 5.74) is 2.18. The number of amides is 3. The lowest BCUT2D eigenvalue weighted by Crippen LogP contribution is -2.38. The van der Waals surface area contributed by atoms with Gasteiger partial charge in [0.15, 0.2) is 0 Å². The maximum atomic E-state index is 12.6. The predicted molar refractivity (Wildman–Crippen MR) is 127 cm³/mol. The maximum absolute atomic E-state index is 12.6. The smallest absolute Gasteiger partial charge is 0.319 e. The molecule has 3 heterocycles. The molecule has 1 aliphatic rings. The molecular formula is C24H27N5O2S. The third-order valence-electron chi connectivity index (χ3n) is 5.49. The maximum Gasteiger partial charge on any atom is 0.319 e. The minimum Gasteiger partial charge on any atom is -0.347 e. The third-order valence-corrected chi connectivity index (χ3v) is 6.37. The van der Waals surface area contributed by atoms with E-state index in [1.807, 2.05) is 35.8 Å². The number of carbonyl (C=O) groups excluding carboxylic acids is 2. The van der Waals surface area contributed by atoms with Gasteiger partial charge in [0.25, 0.3) is 5.91 Å². The standard InChI is InChI=1S/C24H27N5O2S/c30-23(26-16-21-9-5-13-32-21)18-6-3-8-20(14-18)28-24(31)27-17-22(29-11-1-2-12-29)19-7-4-10-25-15-19/h3-10,13-15,22H,1-2,11-12,16-17H2,(H,26,30)(H2,27,28,31). The van der Waals surface area contributed by atoms with Crippen LogP contribution in [0.25, 0.3) is 0 Å². The van der Waals surface area contributed by atoms with Crippen molar-refractivity contribution >= 4 is 29.0 Å². The molecular weight excluding hydrogens is 422 g/mol. The molecule has 0 aliphatic carbocycles. The second kappa shape index (κ2) is 10.9. The number of thiophene rings is 1. The van der Waals surface area contributed by atoms with Gasteiger partial charge in [0.2, 0.25) is 0 Å². The largest absolute Gasteiger partial charge is 0.347 e. The van der Waals surface area contributed by atoms with Crippen LogP contribution in [0.1, 0.15) is 39.7 Å². The number of anilines is 1. The first-order valence-corrected chi connectivity index (χ1v) is 11.7. The fraction of sp³-hybridized carbons (Fsp3) is 0.292. The number of pyridine rings is 1. The number of likely N-dealkylation sites (tertiary alicyclic amines) is 1. The molecule has 0 bridgehead atoms. The molecule has 3 aromatic rings. The third kappa shape index (κ3) is 5.93. The minimum absolute atomic E-state index is 0.0892. The van der Waals surface area contributed by atoms with Crippen LogP contribution in [0.15, 0.2) is 66.3 Å². The summed E-state index contributed by atoms with van der Waals surface area (Å²) in [4.78, 5) is 32.7. The van der Waals surface area contributed by atoms with Crippen LogP contribution >= 0.6 is 11.3 Å². The molecule has 32 heavy (non-hydrogen) atoms. The summed E-state index contributed by atoms with van der Waals surface area (Å²) >= 11 is 1.60.